The predicted octanol–water partition coefficient (Wildman–Crippen LogP) is 2.33. The third-order valence-electron chi connectivity index (χ3n) is 3.25. The van der Waals surface area contributed by atoms with E-state index < -0.39 is 6.04 Å². The lowest BCUT2D eigenvalue weighted by Crippen LogP contribution is -2.47. The minimum absolute atomic E-state index is 0.0791. The van der Waals surface area contributed by atoms with Gasteiger partial charge in [0.05, 0.1) is 6.61 Å². The molecule has 0 aliphatic heterocycles. The van der Waals surface area contributed by atoms with Crippen molar-refractivity contribution >= 4 is 28.3 Å². The number of nitrogens with one attached hydrogen (secondary N) is 2. The van der Waals surface area contributed by atoms with Crippen molar-refractivity contribution in [3.05, 3.63) is 35.3 Å². The summed E-state index contributed by atoms with van der Waals surface area (Å²) >= 11 is 1.22. The number of ether oxygens (including phenoxy) is 1. The van der Waals surface area contributed by atoms with Crippen molar-refractivity contribution in [1.82, 2.24) is 15.5 Å². The number of nitrogens with zero attached hydrogens (tertiary/aromatic N) is 2. The second-order valence-corrected chi connectivity index (χ2v) is 6.22. The third kappa shape index (κ3) is 4.76. The number of hydrogen-bond donors (Lipinski definition) is 2. The molecule has 0 fully saturated rings. The van der Waals surface area contributed by atoms with Crippen molar-refractivity contribution in [3.63, 3.8) is 0 Å². The zero-order valence-electron chi connectivity index (χ0n) is 13.8. The first-order valence-corrected chi connectivity index (χ1v) is 8.50. The Morgan fingerprint density at radius 2 is 1.96 bits per heavy atom. The van der Waals surface area contributed by atoms with Gasteiger partial charge >= 0.3 is 0 Å². The Labute approximate surface area is 144 Å². The molecule has 1 heterocycles. The van der Waals surface area contributed by atoms with E-state index in [4.69, 9.17) is 4.74 Å². The molecular formula is C16H20N4O3S. The summed E-state index contributed by atoms with van der Waals surface area (Å²) in [6.45, 7) is 6.18. The summed E-state index contributed by atoms with van der Waals surface area (Å²) in [5.74, 6) is -0.0155. The zero-order valence-corrected chi connectivity index (χ0v) is 14.6. The normalized spacial score (nSPS) is 11.8. The fourth-order valence-electron chi connectivity index (χ4n) is 2.04. The van der Waals surface area contributed by atoms with Gasteiger partial charge in [-0.3, -0.25) is 14.9 Å². The topological polar surface area (TPSA) is 93.2 Å². The molecule has 0 saturated carbocycles. The molecule has 0 aliphatic rings. The highest BCUT2D eigenvalue weighted by molar-refractivity contribution is 7.13. The van der Waals surface area contributed by atoms with E-state index in [0.29, 0.717) is 23.1 Å². The Morgan fingerprint density at radius 1 is 1.25 bits per heavy atom. The lowest BCUT2D eigenvalue weighted by atomic mass is 10.0. The Kier molecular flexibility index (Phi) is 6.25. The van der Waals surface area contributed by atoms with E-state index in [1.165, 1.54) is 16.8 Å². The van der Waals surface area contributed by atoms with Crippen LogP contribution in [0.5, 0.6) is 5.75 Å². The minimum atomic E-state index is -0.673. The van der Waals surface area contributed by atoms with Crippen LogP contribution in [0, 0.1) is 5.92 Å². The summed E-state index contributed by atoms with van der Waals surface area (Å²) in [6.07, 6.45) is 0. The number of rotatable bonds is 7. The van der Waals surface area contributed by atoms with Gasteiger partial charge in [-0.1, -0.05) is 25.2 Å². The molecule has 2 aromatic rings. The van der Waals surface area contributed by atoms with Crippen LogP contribution in [0.3, 0.4) is 0 Å². The monoisotopic (exact) mass is 348 g/mol. The molecule has 1 aromatic carbocycles. The van der Waals surface area contributed by atoms with Crippen molar-refractivity contribution in [1.29, 1.82) is 0 Å². The van der Waals surface area contributed by atoms with Gasteiger partial charge in [0.1, 0.15) is 17.3 Å². The summed E-state index contributed by atoms with van der Waals surface area (Å²) in [7, 11) is 0. The first kappa shape index (κ1) is 17.9. The highest BCUT2D eigenvalue weighted by Gasteiger charge is 2.25. The maximum Gasteiger partial charge on any atom is 0.251 e. The molecule has 2 N–H and O–H groups in total. The van der Waals surface area contributed by atoms with Crippen molar-refractivity contribution in [2.24, 2.45) is 5.92 Å². The summed E-state index contributed by atoms with van der Waals surface area (Å²) in [4.78, 5) is 24.7. The van der Waals surface area contributed by atoms with E-state index >= 15 is 0 Å². The van der Waals surface area contributed by atoms with E-state index in [2.05, 4.69) is 20.8 Å². The summed E-state index contributed by atoms with van der Waals surface area (Å²) in [6, 6.07) is 6.11. The molecule has 0 radical (unpaired) electrons. The van der Waals surface area contributed by atoms with Gasteiger partial charge in [0.25, 0.3) is 5.91 Å². The average Bonchev–Trinajstić information content (AvgIpc) is 3.06. The van der Waals surface area contributed by atoms with Gasteiger partial charge in [0, 0.05) is 5.56 Å². The van der Waals surface area contributed by atoms with Crippen LogP contribution in [0.15, 0.2) is 29.8 Å². The number of hydrogen-bond acceptors (Lipinski definition) is 6. The Morgan fingerprint density at radius 3 is 2.50 bits per heavy atom. The van der Waals surface area contributed by atoms with Crippen LogP contribution in [0.1, 0.15) is 31.1 Å². The van der Waals surface area contributed by atoms with Gasteiger partial charge in [0.15, 0.2) is 0 Å². The molecule has 1 aromatic heterocycles. The van der Waals surface area contributed by atoms with Gasteiger partial charge in [-0.15, -0.1) is 10.2 Å². The molecule has 8 heteroatoms. The lowest BCUT2D eigenvalue weighted by Gasteiger charge is -2.21. The van der Waals surface area contributed by atoms with Gasteiger partial charge < -0.3 is 10.1 Å². The van der Waals surface area contributed by atoms with E-state index in [1.807, 2.05) is 20.8 Å². The molecule has 24 heavy (non-hydrogen) atoms. The number of anilines is 1. The van der Waals surface area contributed by atoms with Crippen molar-refractivity contribution in [2.45, 2.75) is 26.8 Å². The second kappa shape index (κ2) is 8.39. The maximum absolute atomic E-state index is 12.4. The van der Waals surface area contributed by atoms with Crippen LogP contribution >= 0.6 is 11.3 Å². The molecule has 0 spiro atoms. The predicted molar refractivity (Wildman–Crippen MR) is 92.2 cm³/mol. The lowest BCUT2D eigenvalue weighted by molar-refractivity contribution is -0.118. The second-order valence-electron chi connectivity index (χ2n) is 5.39. The molecule has 0 bridgehead atoms. The summed E-state index contributed by atoms with van der Waals surface area (Å²) < 4.78 is 5.35. The fraction of sp³-hybridized carbons (Fsp3) is 0.375. The van der Waals surface area contributed by atoms with E-state index in [0.717, 1.165) is 0 Å². The molecular weight excluding hydrogens is 328 g/mol. The number of carbonyl (C=O) groups is 2. The van der Waals surface area contributed by atoms with Crippen LogP contribution in [0.4, 0.5) is 5.13 Å². The molecule has 0 aliphatic carbocycles. The van der Waals surface area contributed by atoms with Gasteiger partial charge in [-0.2, -0.15) is 0 Å². The standard InChI is InChI=1S/C16H20N4O3S/c1-4-23-12-7-5-11(6-8-12)14(21)18-13(10(2)3)15(22)19-16-20-17-9-24-16/h5-10,13H,4H2,1-3H3,(H,18,21)(H,19,20,22). The number of amides is 2. The van der Waals surface area contributed by atoms with Crippen LogP contribution in [0.25, 0.3) is 0 Å². The summed E-state index contributed by atoms with van der Waals surface area (Å²) in [5, 5.41) is 13.3. The molecule has 0 saturated heterocycles. The first-order chi connectivity index (χ1) is 11.5. The van der Waals surface area contributed by atoms with Gasteiger partial charge in [-0.25, -0.2) is 0 Å². The highest BCUT2D eigenvalue weighted by atomic mass is 32.1. The SMILES string of the molecule is CCOc1ccc(C(=O)NC(C(=O)Nc2nncs2)C(C)C)cc1. The largest absolute Gasteiger partial charge is 0.494 e. The zero-order chi connectivity index (χ0) is 17.5. The van der Waals surface area contributed by atoms with Crippen molar-refractivity contribution < 1.29 is 14.3 Å². The molecule has 7 nitrogen and oxygen atoms in total. The Hall–Kier alpha value is -2.48. The minimum Gasteiger partial charge on any atom is -0.494 e. The molecule has 1 atom stereocenters. The Balaban J connectivity index is 2.03. The molecule has 1 unspecified atom stereocenters. The van der Waals surface area contributed by atoms with E-state index in [9.17, 15) is 9.59 Å². The van der Waals surface area contributed by atoms with Crippen LogP contribution in [0.2, 0.25) is 0 Å². The number of carbonyl (C=O) groups excluding carboxylic acids is 2. The van der Waals surface area contributed by atoms with Gasteiger partial charge in [0.2, 0.25) is 11.0 Å². The van der Waals surface area contributed by atoms with Gasteiger partial charge in [-0.05, 0) is 37.1 Å². The van der Waals surface area contributed by atoms with E-state index in [1.54, 1.807) is 24.3 Å². The van der Waals surface area contributed by atoms with Crippen LogP contribution in [-0.4, -0.2) is 34.7 Å². The van der Waals surface area contributed by atoms with E-state index in [-0.39, 0.29) is 17.7 Å². The first-order valence-electron chi connectivity index (χ1n) is 7.62. The number of benzene rings is 1. The Bertz CT molecular complexity index is 671. The fourth-order valence-corrected chi connectivity index (χ4v) is 2.49. The van der Waals surface area contributed by atoms with Crippen LogP contribution in [-0.2, 0) is 4.79 Å². The third-order valence-corrected chi connectivity index (χ3v) is 3.86. The molecule has 2 amide bonds. The highest BCUT2D eigenvalue weighted by Crippen LogP contribution is 2.14. The average molecular weight is 348 g/mol. The molecule has 2 rings (SSSR count). The van der Waals surface area contributed by atoms with Crippen molar-refractivity contribution in [3.8, 4) is 5.75 Å². The van der Waals surface area contributed by atoms with Crippen LogP contribution < -0.4 is 15.4 Å². The maximum atomic E-state index is 12.4. The quantitative estimate of drug-likeness (QED) is 0.801. The summed E-state index contributed by atoms with van der Waals surface area (Å²) in [5.41, 5.74) is 1.99. The molecule has 128 valence electrons. The number of aromatic nitrogens is 2. The smallest absolute Gasteiger partial charge is 0.251 e. The van der Waals surface area contributed by atoms with Crippen molar-refractivity contribution in [2.75, 3.05) is 11.9 Å².